The maximum absolute atomic E-state index is 12.6. The molecule has 3 rings (SSSR count). The molecule has 0 atom stereocenters. The van der Waals surface area contributed by atoms with E-state index in [1.807, 2.05) is 45.7 Å². The van der Waals surface area contributed by atoms with E-state index in [1.54, 1.807) is 4.68 Å². The fourth-order valence-electron chi connectivity index (χ4n) is 3.18. The molecule has 7 nitrogen and oxygen atoms in total. The summed E-state index contributed by atoms with van der Waals surface area (Å²) >= 11 is 0. The largest absolute Gasteiger partial charge is 0.466 e. The third-order valence-electron chi connectivity index (χ3n) is 4.37. The third-order valence-corrected chi connectivity index (χ3v) is 4.37. The number of carbonyl (C=O) groups is 1. The monoisotopic (exact) mass is 332 g/mol. The molecule has 0 unspecified atom stereocenters. The lowest BCUT2D eigenvalue weighted by molar-refractivity contribution is -0.148. The molecule has 2 aromatic heterocycles. The Morgan fingerprint density at radius 1 is 1.42 bits per heavy atom. The van der Waals surface area contributed by atoms with E-state index < -0.39 is 0 Å². The van der Waals surface area contributed by atoms with Gasteiger partial charge in [-0.25, -0.2) is 9.67 Å². The molecule has 130 valence electrons. The van der Waals surface area contributed by atoms with Crippen molar-refractivity contribution in [2.75, 3.05) is 26.4 Å². The molecule has 0 aliphatic carbocycles. The molecule has 1 fully saturated rings. The van der Waals surface area contributed by atoms with Gasteiger partial charge in [-0.1, -0.05) is 0 Å². The predicted molar refractivity (Wildman–Crippen MR) is 90.1 cm³/mol. The van der Waals surface area contributed by atoms with Crippen LogP contribution in [0.5, 0.6) is 5.88 Å². The summed E-state index contributed by atoms with van der Waals surface area (Å²) in [5.74, 6) is 0.400. The van der Waals surface area contributed by atoms with Crippen molar-refractivity contribution in [3.63, 3.8) is 0 Å². The fourth-order valence-corrected chi connectivity index (χ4v) is 3.18. The molecule has 1 aliphatic rings. The van der Waals surface area contributed by atoms with Crippen LogP contribution in [0.3, 0.4) is 0 Å². The van der Waals surface area contributed by atoms with Crippen molar-refractivity contribution in [1.82, 2.24) is 19.7 Å². The minimum absolute atomic E-state index is 0.0388. The summed E-state index contributed by atoms with van der Waals surface area (Å²) in [6.45, 7) is 9.58. The number of aryl methyl sites for hydroxylation is 3. The van der Waals surface area contributed by atoms with E-state index in [0.717, 1.165) is 22.3 Å². The van der Waals surface area contributed by atoms with Gasteiger partial charge in [-0.3, -0.25) is 4.79 Å². The molecule has 0 radical (unpaired) electrons. The van der Waals surface area contributed by atoms with Gasteiger partial charge in [0.2, 0.25) is 5.88 Å². The van der Waals surface area contributed by atoms with Gasteiger partial charge in [0.15, 0.2) is 12.3 Å². The molecule has 0 saturated carbocycles. The van der Waals surface area contributed by atoms with Crippen LogP contribution in [0.2, 0.25) is 0 Å². The first kappa shape index (κ1) is 16.7. The van der Waals surface area contributed by atoms with Gasteiger partial charge in [0.1, 0.15) is 0 Å². The molecule has 0 bridgehead atoms. The number of aromatic nitrogens is 3. The molecule has 2 aromatic rings. The predicted octanol–water partition coefficient (Wildman–Crippen LogP) is 1.60. The molecule has 1 saturated heterocycles. The SMILES string of the molecule is Cc1cc(C)c2c(OCC(=O)N3CCOCC3(C)C)nn(C)c2n1. The number of pyridine rings is 1. The molecule has 0 spiro atoms. The topological polar surface area (TPSA) is 69.5 Å². The van der Waals surface area contributed by atoms with E-state index in [0.29, 0.717) is 25.6 Å². The molecule has 7 heteroatoms. The number of amides is 1. The van der Waals surface area contributed by atoms with E-state index in [2.05, 4.69) is 10.1 Å². The number of hydrogen-bond acceptors (Lipinski definition) is 5. The van der Waals surface area contributed by atoms with E-state index >= 15 is 0 Å². The number of rotatable bonds is 3. The van der Waals surface area contributed by atoms with Crippen molar-refractivity contribution < 1.29 is 14.3 Å². The number of fused-ring (bicyclic) bond motifs is 1. The maximum Gasteiger partial charge on any atom is 0.261 e. The molecule has 1 aliphatic heterocycles. The van der Waals surface area contributed by atoms with Crippen molar-refractivity contribution in [2.24, 2.45) is 7.05 Å². The van der Waals surface area contributed by atoms with E-state index in [9.17, 15) is 4.79 Å². The molecule has 0 aromatic carbocycles. The third kappa shape index (κ3) is 2.96. The Hall–Kier alpha value is -2.15. The van der Waals surface area contributed by atoms with Gasteiger partial charge in [-0.15, -0.1) is 5.10 Å². The Morgan fingerprint density at radius 2 is 2.17 bits per heavy atom. The van der Waals surface area contributed by atoms with Crippen molar-refractivity contribution in [1.29, 1.82) is 0 Å². The van der Waals surface area contributed by atoms with Gasteiger partial charge in [0.05, 0.1) is 24.1 Å². The standard InChI is InChI=1S/C17H24N4O3/c1-11-8-12(2)18-15-14(11)16(19-20(15)5)24-9-13(22)21-6-7-23-10-17(21,3)4/h8H,6-7,9-10H2,1-5H3. The molecule has 3 heterocycles. The minimum Gasteiger partial charge on any atom is -0.466 e. The van der Waals surface area contributed by atoms with Gasteiger partial charge >= 0.3 is 0 Å². The lowest BCUT2D eigenvalue weighted by atomic mass is 10.0. The van der Waals surface area contributed by atoms with Crippen LogP contribution in [0.1, 0.15) is 25.1 Å². The number of morpholine rings is 1. The first-order valence-electron chi connectivity index (χ1n) is 8.11. The van der Waals surface area contributed by atoms with E-state index in [4.69, 9.17) is 9.47 Å². The van der Waals surface area contributed by atoms with Gasteiger partial charge in [-0.2, -0.15) is 0 Å². The first-order valence-corrected chi connectivity index (χ1v) is 8.11. The minimum atomic E-state index is -0.320. The summed E-state index contributed by atoms with van der Waals surface area (Å²) in [4.78, 5) is 18.9. The summed E-state index contributed by atoms with van der Waals surface area (Å²) in [5.41, 5.74) is 2.42. The highest BCUT2D eigenvalue weighted by Crippen LogP contribution is 2.27. The number of carbonyl (C=O) groups excluding carboxylic acids is 1. The molecule has 24 heavy (non-hydrogen) atoms. The summed E-state index contributed by atoms with van der Waals surface area (Å²) in [5, 5.41) is 5.24. The van der Waals surface area contributed by atoms with Crippen LogP contribution in [-0.4, -0.2) is 57.5 Å². The number of nitrogens with zero attached hydrogens (tertiary/aromatic N) is 4. The zero-order chi connectivity index (χ0) is 17.5. The highest BCUT2D eigenvalue weighted by molar-refractivity contribution is 5.86. The lowest BCUT2D eigenvalue weighted by Gasteiger charge is -2.41. The highest BCUT2D eigenvalue weighted by atomic mass is 16.5. The highest BCUT2D eigenvalue weighted by Gasteiger charge is 2.34. The van der Waals surface area contributed by atoms with Gasteiger partial charge in [0, 0.05) is 19.3 Å². The van der Waals surface area contributed by atoms with Crippen molar-refractivity contribution in [3.8, 4) is 5.88 Å². The second kappa shape index (κ2) is 6.05. The zero-order valence-corrected chi connectivity index (χ0v) is 14.9. The number of ether oxygens (including phenoxy) is 2. The van der Waals surface area contributed by atoms with Crippen LogP contribution < -0.4 is 4.74 Å². The van der Waals surface area contributed by atoms with Crippen molar-refractivity contribution >= 4 is 16.9 Å². The van der Waals surface area contributed by atoms with Crippen LogP contribution >= 0.6 is 0 Å². The zero-order valence-electron chi connectivity index (χ0n) is 14.9. The van der Waals surface area contributed by atoms with E-state index in [-0.39, 0.29) is 18.1 Å². The summed E-state index contributed by atoms with van der Waals surface area (Å²) in [6, 6.07) is 1.99. The Bertz CT molecular complexity index is 782. The Balaban J connectivity index is 1.80. The van der Waals surface area contributed by atoms with Gasteiger partial charge < -0.3 is 14.4 Å². The normalized spacial score (nSPS) is 17.3. The Morgan fingerprint density at radius 3 is 2.88 bits per heavy atom. The number of hydrogen-bond donors (Lipinski definition) is 0. The lowest BCUT2D eigenvalue weighted by Crippen LogP contribution is -2.56. The van der Waals surface area contributed by atoms with Crippen LogP contribution in [0.15, 0.2) is 6.07 Å². The molecular formula is C17H24N4O3. The van der Waals surface area contributed by atoms with E-state index in [1.165, 1.54) is 0 Å². The summed E-state index contributed by atoms with van der Waals surface area (Å²) in [6.07, 6.45) is 0. The maximum atomic E-state index is 12.6. The molecular weight excluding hydrogens is 308 g/mol. The molecule has 0 N–H and O–H groups in total. The quantitative estimate of drug-likeness (QED) is 0.854. The van der Waals surface area contributed by atoms with Gasteiger partial charge in [-0.05, 0) is 39.3 Å². The average molecular weight is 332 g/mol. The first-order chi connectivity index (χ1) is 11.3. The van der Waals surface area contributed by atoms with Crippen LogP contribution in [-0.2, 0) is 16.6 Å². The van der Waals surface area contributed by atoms with Crippen LogP contribution in [0, 0.1) is 13.8 Å². The summed E-state index contributed by atoms with van der Waals surface area (Å²) in [7, 11) is 1.83. The van der Waals surface area contributed by atoms with Gasteiger partial charge in [0.25, 0.3) is 5.91 Å². The fraction of sp³-hybridized carbons (Fsp3) is 0.588. The van der Waals surface area contributed by atoms with Crippen LogP contribution in [0.25, 0.3) is 11.0 Å². The molecule has 1 amide bonds. The van der Waals surface area contributed by atoms with Crippen LogP contribution in [0.4, 0.5) is 0 Å². The smallest absolute Gasteiger partial charge is 0.261 e. The Labute approximate surface area is 141 Å². The average Bonchev–Trinajstić information content (AvgIpc) is 2.81. The summed E-state index contributed by atoms with van der Waals surface area (Å²) < 4.78 is 12.9. The Kier molecular flexibility index (Phi) is 4.21. The van der Waals surface area contributed by atoms with Crippen molar-refractivity contribution in [3.05, 3.63) is 17.3 Å². The second-order valence-corrected chi connectivity index (χ2v) is 6.91. The van der Waals surface area contributed by atoms with Crippen molar-refractivity contribution in [2.45, 2.75) is 33.2 Å². The second-order valence-electron chi connectivity index (χ2n) is 6.91.